The van der Waals surface area contributed by atoms with Crippen LogP contribution in [0.5, 0.6) is 5.75 Å². The van der Waals surface area contributed by atoms with Gasteiger partial charge in [0.15, 0.2) is 0 Å². The number of aliphatic hydroxyl groups excluding tert-OH is 2. The number of methoxy groups -OCH3 is 1. The first-order chi connectivity index (χ1) is 9.36. The first-order valence-electron chi connectivity index (χ1n) is 5.88. The fourth-order valence-electron chi connectivity index (χ4n) is 1.59. The first kappa shape index (κ1) is 15.9. The smallest absolute Gasteiger partial charge is 0.341 e. The van der Waals surface area contributed by atoms with E-state index >= 15 is 0 Å². The molecule has 0 aliphatic heterocycles. The largest absolute Gasteiger partial charge is 0.507 e. The molecule has 0 bridgehead atoms. The maximum Gasteiger partial charge on any atom is 0.341 e. The van der Waals surface area contributed by atoms with Crippen LogP contribution in [0.15, 0.2) is 18.2 Å². The van der Waals surface area contributed by atoms with Gasteiger partial charge in [-0.15, -0.1) is 0 Å². The number of nitrogens with one attached hydrogen (secondary N) is 1. The molecule has 110 valence electrons. The summed E-state index contributed by atoms with van der Waals surface area (Å²) in [5, 5.41) is 31.6. The summed E-state index contributed by atoms with van der Waals surface area (Å²) in [6.45, 7) is 1.15. The molecule has 7 heteroatoms. The molecule has 20 heavy (non-hydrogen) atoms. The molecule has 1 rings (SSSR count). The Hall–Kier alpha value is -2.12. The van der Waals surface area contributed by atoms with Crippen molar-refractivity contribution in [1.82, 2.24) is 5.32 Å². The Labute approximate surface area is 115 Å². The molecule has 0 aliphatic rings. The van der Waals surface area contributed by atoms with Crippen LogP contribution in [0.4, 0.5) is 0 Å². The van der Waals surface area contributed by atoms with Crippen LogP contribution < -0.4 is 5.32 Å². The van der Waals surface area contributed by atoms with Crippen molar-refractivity contribution in [3.8, 4) is 5.75 Å². The molecule has 1 aromatic carbocycles. The second kappa shape index (κ2) is 6.88. The number of aromatic hydroxyl groups is 1. The van der Waals surface area contributed by atoms with Gasteiger partial charge in [-0.2, -0.15) is 0 Å². The molecule has 7 nitrogen and oxygen atoms in total. The van der Waals surface area contributed by atoms with Crippen LogP contribution in [0.3, 0.4) is 0 Å². The van der Waals surface area contributed by atoms with Gasteiger partial charge in [-0.3, -0.25) is 4.79 Å². The lowest BCUT2D eigenvalue weighted by atomic mass is 10.0. The van der Waals surface area contributed by atoms with Gasteiger partial charge in [-0.25, -0.2) is 4.79 Å². The molecule has 0 saturated heterocycles. The van der Waals surface area contributed by atoms with Gasteiger partial charge in [0.25, 0.3) is 0 Å². The van der Waals surface area contributed by atoms with E-state index < -0.39 is 18.2 Å². The maximum atomic E-state index is 11.4. The van der Waals surface area contributed by atoms with Gasteiger partial charge in [-0.1, -0.05) is 6.07 Å². The summed E-state index contributed by atoms with van der Waals surface area (Å²) in [5.41, 5.74) is 0.108. The van der Waals surface area contributed by atoms with Crippen molar-refractivity contribution in [2.45, 2.75) is 19.1 Å². The number of phenolic OH excluding ortho intramolecular Hbond substituents is 1. The van der Waals surface area contributed by atoms with Crippen LogP contribution in [-0.4, -0.2) is 47.0 Å². The molecule has 0 aromatic heterocycles. The van der Waals surface area contributed by atoms with Gasteiger partial charge in [0.2, 0.25) is 5.91 Å². The zero-order valence-electron chi connectivity index (χ0n) is 11.2. The minimum atomic E-state index is -1.31. The number of carbonyl (C=O) groups excluding carboxylic acids is 2. The number of aliphatic hydroxyl groups is 2. The van der Waals surface area contributed by atoms with Crippen LogP contribution in [0.1, 0.15) is 28.9 Å². The van der Waals surface area contributed by atoms with Crippen molar-refractivity contribution in [2.24, 2.45) is 0 Å². The minimum Gasteiger partial charge on any atom is -0.507 e. The van der Waals surface area contributed by atoms with E-state index in [4.69, 9.17) is 0 Å². The molecule has 0 spiro atoms. The van der Waals surface area contributed by atoms with E-state index in [0.29, 0.717) is 0 Å². The Kier molecular flexibility index (Phi) is 5.48. The second-order valence-electron chi connectivity index (χ2n) is 4.22. The summed E-state index contributed by atoms with van der Waals surface area (Å²) in [6.07, 6.45) is -2.56. The number of hydrogen-bond donors (Lipinski definition) is 4. The fourth-order valence-corrected chi connectivity index (χ4v) is 1.59. The van der Waals surface area contributed by atoms with Gasteiger partial charge in [0, 0.05) is 13.5 Å². The summed E-state index contributed by atoms with van der Waals surface area (Å²) in [7, 11) is 1.16. The fraction of sp³-hybridized carbons (Fsp3) is 0.385. The maximum absolute atomic E-state index is 11.4. The van der Waals surface area contributed by atoms with Crippen LogP contribution in [0, 0.1) is 0 Å². The number of amides is 1. The average molecular weight is 283 g/mol. The number of benzene rings is 1. The Morgan fingerprint density at radius 3 is 2.55 bits per heavy atom. The lowest BCUT2D eigenvalue weighted by Gasteiger charge is -2.19. The third-order valence-electron chi connectivity index (χ3n) is 2.69. The molecule has 2 unspecified atom stereocenters. The van der Waals surface area contributed by atoms with Gasteiger partial charge in [0.05, 0.1) is 7.11 Å². The van der Waals surface area contributed by atoms with Crippen molar-refractivity contribution in [1.29, 1.82) is 0 Å². The van der Waals surface area contributed by atoms with Crippen LogP contribution in [0.2, 0.25) is 0 Å². The lowest BCUT2D eigenvalue weighted by molar-refractivity contribution is -0.119. The van der Waals surface area contributed by atoms with Crippen molar-refractivity contribution < 1.29 is 29.6 Å². The highest BCUT2D eigenvalue weighted by Crippen LogP contribution is 2.24. The molecule has 0 radical (unpaired) electrons. The van der Waals surface area contributed by atoms with Gasteiger partial charge >= 0.3 is 5.97 Å². The predicted octanol–water partition coefficient (Wildman–Crippen LogP) is -0.291. The van der Waals surface area contributed by atoms with Crippen molar-refractivity contribution in [2.75, 3.05) is 13.7 Å². The van der Waals surface area contributed by atoms with E-state index in [2.05, 4.69) is 10.1 Å². The first-order valence-corrected chi connectivity index (χ1v) is 5.88. The van der Waals surface area contributed by atoms with Gasteiger partial charge in [0.1, 0.15) is 23.5 Å². The second-order valence-corrected chi connectivity index (χ2v) is 4.22. The Bertz CT molecular complexity index is 502. The zero-order chi connectivity index (χ0) is 15.3. The minimum absolute atomic E-state index is 0.115. The summed E-state index contributed by atoms with van der Waals surface area (Å²) in [6, 6.07) is 3.81. The molecule has 0 fully saturated rings. The molecular formula is C13H17NO6. The quantitative estimate of drug-likeness (QED) is 0.552. The highest BCUT2D eigenvalue weighted by molar-refractivity contribution is 5.92. The van der Waals surface area contributed by atoms with Crippen LogP contribution >= 0.6 is 0 Å². The lowest BCUT2D eigenvalue weighted by Crippen LogP contribution is -2.34. The molecule has 0 saturated carbocycles. The highest BCUT2D eigenvalue weighted by atomic mass is 16.5. The molecule has 0 aliphatic carbocycles. The molecular weight excluding hydrogens is 266 g/mol. The van der Waals surface area contributed by atoms with Crippen LogP contribution in [-0.2, 0) is 9.53 Å². The topological polar surface area (TPSA) is 116 Å². The Morgan fingerprint density at radius 2 is 2.00 bits per heavy atom. The standard InChI is InChI=1S/C13H17NO6/c1-7(15)14-6-11(17)12(18)8-3-4-10(16)9(5-8)13(19)20-2/h3-5,11-12,16-18H,6H2,1-2H3,(H,14,15). The third-order valence-corrected chi connectivity index (χ3v) is 2.69. The SMILES string of the molecule is COC(=O)c1cc(C(O)C(O)CNC(C)=O)ccc1O. The summed E-state index contributed by atoms with van der Waals surface area (Å²) in [4.78, 5) is 22.1. The van der Waals surface area contributed by atoms with E-state index in [1.54, 1.807) is 0 Å². The van der Waals surface area contributed by atoms with Gasteiger partial charge in [-0.05, 0) is 17.7 Å². The summed E-state index contributed by atoms with van der Waals surface area (Å²) in [5.74, 6) is -1.38. The number of ether oxygens (including phenoxy) is 1. The monoisotopic (exact) mass is 283 g/mol. The Balaban J connectivity index is 2.90. The number of carbonyl (C=O) groups is 2. The molecule has 1 amide bonds. The summed E-state index contributed by atoms with van der Waals surface area (Å²) >= 11 is 0. The number of phenols is 1. The molecule has 0 heterocycles. The van der Waals surface area contributed by atoms with E-state index in [1.807, 2.05) is 0 Å². The normalized spacial score (nSPS) is 13.4. The van der Waals surface area contributed by atoms with Crippen LogP contribution in [0.25, 0.3) is 0 Å². The Morgan fingerprint density at radius 1 is 1.35 bits per heavy atom. The highest BCUT2D eigenvalue weighted by Gasteiger charge is 2.21. The third kappa shape index (κ3) is 3.94. The van der Waals surface area contributed by atoms with Gasteiger partial charge < -0.3 is 25.4 Å². The zero-order valence-corrected chi connectivity index (χ0v) is 11.2. The van der Waals surface area contributed by atoms with E-state index in [-0.39, 0.29) is 29.3 Å². The number of hydrogen-bond acceptors (Lipinski definition) is 6. The van der Waals surface area contributed by atoms with E-state index in [0.717, 1.165) is 7.11 Å². The molecule has 2 atom stereocenters. The van der Waals surface area contributed by atoms with Crippen molar-refractivity contribution >= 4 is 11.9 Å². The number of esters is 1. The average Bonchev–Trinajstić information content (AvgIpc) is 2.43. The molecule has 1 aromatic rings. The predicted molar refractivity (Wildman–Crippen MR) is 69.1 cm³/mol. The summed E-state index contributed by atoms with van der Waals surface area (Å²) < 4.78 is 4.49. The van der Waals surface area contributed by atoms with Crippen molar-refractivity contribution in [3.63, 3.8) is 0 Å². The van der Waals surface area contributed by atoms with Crippen molar-refractivity contribution in [3.05, 3.63) is 29.3 Å². The van der Waals surface area contributed by atoms with E-state index in [1.165, 1.54) is 25.1 Å². The number of rotatable bonds is 5. The van der Waals surface area contributed by atoms with E-state index in [9.17, 15) is 24.9 Å². The molecule has 4 N–H and O–H groups in total.